The van der Waals surface area contributed by atoms with Gasteiger partial charge in [0.2, 0.25) is 0 Å². The van der Waals surface area contributed by atoms with Gasteiger partial charge in [0.25, 0.3) is 0 Å². The molecule has 1 heterocycles. The second-order valence-corrected chi connectivity index (χ2v) is 7.32. The zero-order valence-corrected chi connectivity index (χ0v) is 13.3. The molecular weight excluding hydrogens is 333 g/mol. The molecule has 0 unspecified atom stereocenters. The molecule has 1 aromatic heterocycles. The molecule has 2 rings (SSSR count). The smallest absolute Gasteiger partial charge is 0.223 e. The molecule has 0 saturated heterocycles. The Bertz CT molecular complexity index is 767. The van der Waals surface area contributed by atoms with Crippen molar-refractivity contribution >= 4 is 9.84 Å². The first-order chi connectivity index (χ1) is 10.6. The van der Waals surface area contributed by atoms with Gasteiger partial charge in [-0.25, -0.2) is 8.42 Å². The molecule has 0 N–H and O–H groups in total. The van der Waals surface area contributed by atoms with Crippen LogP contribution < -0.4 is 0 Å². The molecule has 0 bridgehead atoms. The molecule has 0 radical (unpaired) electrons. The molecule has 0 aliphatic carbocycles. The molecule has 0 aliphatic heterocycles. The highest BCUT2D eigenvalue weighted by Gasteiger charge is 2.30. The fourth-order valence-electron chi connectivity index (χ4n) is 1.87. The van der Waals surface area contributed by atoms with Crippen molar-refractivity contribution in [3.8, 4) is 0 Å². The monoisotopic (exact) mass is 348 g/mol. The van der Waals surface area contributed by atoms with Gasteiger partial charge in [0.05, 0.1) is 4.90 Å². The molecule has 6 nitrogen and oxygen atoms in total. The van der Waals surface area contributed by atoms with Crippen LogP contribution in [0.2, 0.25) is 0 Å². The van der Waals surface area contributed by atoms with Crippen LogP contribution in [-0.4, -0.2) is 34.8 Å². The standard InChI is InChI=1S/C13H15F3N4O2S/c1-9(2)10-3-5-11(6-4-10)23(21,22)7-12-17-19-20(18-12)8-13(14,15)16/h3-6,9H,7-8H2,1-2H3. The molecule has 10 heteroatoms. The SMILES string of the molecule is CC(C)c1ccc(S(=O)(=O)Cc2nnn(CC(F)(F)F)n2)cc1. The minimum absolute atomic E-state index is 0.0640. The van der Waals surface area contributed by atoms with Crippen LogP contribution >= 0.6 is 0 Å². The zero-order valence-electron chi connectivity index (χ0n) is 12.4. The Labute approximate surface area is 131 Å². The summed E-state index contributed by atoms with van der Waals surface area (Å²) in [4.78, 5) is 0.390. The van der Waals surface area contributed by atoms with Crippen LogP contribution in [0.4, 0.5) is 13.2 Å². The van der Waals surface area contributed by atoms with E-state index in [1.165, 1.54) is 12.1 Å². The molecule has 0 fully saturated rings. The van der Waals surface area contributed by atoms with Gasteiger partial charge in [-0.3, -0.25) is 0 Å². The summed E-state index contributed by atoms with van der Waals surface area (Å²) >= 11 is 0. The van der Waals surface area contributed by atoms with Crippen LogP contribution in [0.3, 0.4) is 0 Å². The van der Waals surface area contributed by atoms with Gasteiger partial charge < -0.3 is 0 Å². The Balaban J connectivity index is 2.15. The van der Waals surface area contributed by atoms with Crippen LogP contribution in [-0.2, 0) is 22.1 Å². The van der Waals surface area contributed by atoms with E-state index in [1.807, 2.05) is 13.8 Å². The quantitative estimate of drug-likeness (QED) is 0.829. The van der Waals surface area contributed by atoms with Crippen molar-refractivity contribution in [3.05, 3.63) is 35.7 Å². The maximum atomic E-state index is 12.2. The Morgan fingerprint density at radius 2 is 1.78 bits per heavy atom. The first-order valence-corrected chi connectivity index (χ1v) is 8.38. The van der Waals surface area contributed by atoms with Crippen molar-refractivity contribution in [3.63, 3.8) is 0 Å². The second-order valence-electron chi connectivity index (χ2n) is 5.33. The summed E-state index contributed by atoms with van der Waals surface area (Å²) in [5.74, 6) is -0.621. The third-order valence-electron chi connectivity index (χ3n) is 3.04. The summed E-state index contributed by atoms with van der Waals surface area (Å²) in [7, 11) is -3.75. The predicted octanol–water partition coefficient (Wildman–Crippen LogP) is 2.33. The number of hydrogen-bond donors (Lipinski definition) is 0. The highest BCUT2D eigenvalue weighted by atomic mass is 32.2. The Morgan fingerprint density at radius 3 is 2.30 bits per heavy atom. The summed E-state index contributed by atoms with van der Waals surface area (Å²) in [6.45, 7) is 2.54. The minimum atomic E-state index is -4.50. The summed E-state index contributed by atoms with van der Waals surface area (Å²) in [5, 5.41) is 10.0. The van der Waals surface area contributed by atoms with Gasteiger partial charge in [0.15, 0.2) is 22.2 Å². The number of alkyl halides is 3. The minimum Gasteiger partial charge on any atom is -0.223 e. The zero-order chi connectivity index (χ0) is 17.3. The Kier molecular flexibility index (Phi) is 4.73. The third kappa shape index (κ3) is 4.75. The van der Waals surface area contributed by atoms with E-state index >= 15 is 0 Å². The first-order valence-electron chi connectivity index (χ1n) is 6.73. The van der Waals surface area contributed by atoms with E-state index in [2.05, 4.69) is 15.4 Å². The van der Waals surface area contributed by atoms with Crippen molar-refractivity contribution < 1.29 is 21.6 Å². The molecule has 0 amide bonds. The van der Waals surface area contributed by atoms with E-state index in [0.29, 0.717) is 4.80 Å². The number of tetrazole rings is 1. The molecule has 0 spiro atoms. The van der Waals surface area contributed by atoms with Gasteiger partial charge in [0.1, 0.15) is 5.75 Å². The lowest BCUT2D eigenvalue weighted by Gasteiger charge is -2.07. The van der Waals surface area contributed by atoms with Gasteiger partial charge in [-0.1, -0.05) is 26.0 Å². The topological polar surface area (TPSA) is 77.7 Å². The number of sulfone groups is 1. The van der Waals surface area contributed by atoms with Crippen molar-refractivity contribution in [2.45, 2.75) is 43.1 Å². The fourth-order valence-corrected chi connectivity index (χ4v) is 3.05. The first kappa shape index (κ1) is 17.4. The largest absolute Gasteiger partial charge is 0.409 e. The molecular formula is C13H15F3N4O2S. The number of rotatable bonds is 5. The van der Waals surface area contributed by atoms with Crippen LogP contribution in [0.1, 0.15) is 31.2 Å². The summed E-state index contributed by atoms with van der Waals surface area (Å²) in [6, 6.07) is 6.33. The fraction of sp³-hybridized carbons (Fsp3) is 0.462. The average Bonchev–Trinajstić information content (AvgIpc) is 2.83. The van der Waals surface area contributed by atoms with Crippen molar-refractivity contribution in [2.75, 3.05) is 0 Å². The van der Waals surface area contributed by atoms with E-state index in [1.54, 1.807) is 12.1 Å². The lowest BCUT2D eigenvalue weighted by Crippen LogP contribution is -2.20. The number of aromatic nitrogens is 4. The summed E-state index contributed by atoms with van der Waals surface area (Å²) < 4.78 is 61.1. The predicted molar refractivity (Wildman–Crippen MR) is 75.3 cm³/mol. The van der Waals surface area contributed by atoms with Gasteiger partial charge in [-0.05, 0) is 28.8 Å². The Morgan fingerprint density at radius 1 is 1.17 bits per heavy atom. The van der Waals surface area contributed by atoms with E-state index in [-0.39, 0.29) is 16.6 Å². The van der Waals surface area contributed by atoms with E-state index in [0.717, 1.165) is 5.56 Å². The average molecular weight is 348 g/mol. The van der Waals surface area contributed by atoms with Crippen LogP contribution in [0, 0.1) is 0 Å². The molecule has 0 atom stereocenters. The molecule has 126 valence electrons. The highest BCUT2D eigenvalue weighted by Crippen LogP contribution is 2.20. The van der Waals surface area contributed by atoms with Crippen LogP contribution in [0.15, 0.2) is 29.2 Å². The normalized spacial score (nSPS) is 12.8. The molecule has 1 aromatic carbocycles. The number of hydrogen-bond acceptors (Lipinski definition) is 5. The van der Waals surface area contributed by atoms with Crippen molar-refractivity contribution in [1.82, 2.24) is 20.2 Å². The molecule has 2 aromatic rings. The maximum Gasteiger partial charge on any atom is 0.409 e. The number of benzene rings is 1. The third-order valence-corrected chi connectivity index (χ3v) is 4.67. The number of halogens is 3. The van der Waals surface area contributed by atoms with Gasteiger partial charge >= 0.3 is 6.18 Å². The summed E-state index contributed by atoms with van der Waals surface area (Å²) in [6.07, 6.45) is -4.50. The van der Waals surface area contributed by atoms with Crippen molar-refractivity contribution in [2.24, 2.45) is 0 Å². The van der Waals surface area contributed by atoms with Gasteiger partial charge in [-0.2, -0.15) is 18.0 Å². The van der Waals surface area contributed by atoms with E-state index < -0.39 is 28.3 Å². The molecule has 23 heavy (non-hydrogen) atoms. The number of nitrogens with zero attached hydrogens (tertiary/aromatic N) is 4. The molecule has 0 aliphatic rings. The Hall–Kier alpha value is -1.97. The maximum absolute atomic E-state index is 12.2. The van der Waals surface area contributed by atoms with E-state index in [9.17, 15) is 21.6 Å². The highest BCUT2D eigenvalue weighted by molar-refractivity contribution is 7.90. The van der Waals surface area contributed by atoms with Crippen LogP contribution in [0.5, 0.6) is 0 Å². The lowest BCUT2D eigenvalue weighted by atomic mass is 10.0. The molecule has 0 saturated carbocycles. The van der Waals surface area contributed by atoms with Gasteiger partial charge in [0, 0.05) is 0 Å². The van der Waals surface area contributed by atoms with Crippen molar-refractivity contribution in [1.29, 1.82) is 0 Å². The van der Waals surface area contributed by atoms with Gasteiger partial charge in [-0.15, -0.1) is 10.2 Å². The van der Waals surface area contributed by atoms with E-state index in [4.69, 9.17) is 0 Å². The van der Waals surface area contributed by atoms with Crippen LogP contribution in [0.25, 0.3) is 0 Å². The lowest BCUT2D eigenvalue weighted by molar-refractivity contribution is -0.145. The second kappa shape index (κ2) is 6.26. The summed E-state index contributed by atoms with van der Waals surface area (Å²) in [5.41, 5.74) is 0.984.